The van der Waals surface area contributed by atoms with Gasteiger partial charge in [-0.15, -0.1) is 0 Å². The van der Waals surface area contributed by atoms with Crippen LogP contribution in [0.25, 0.3) is 0 Å². The van der Waals surface area contributed by atoms with Crippen molar-refractivity contribution in [2.24, 2.45) is 0 Å². The summed E-state index contributed by atoms with van der Waals surface area (Å²) in [5.41, 5.74) is 0. The third-order valence-corrected chi connectivity index (χ3v) is 1.69. The van der Waals surface area contributed by atoms with Crippen LogP contribution < -0.4 is 0 Å². The maximum Gasteiger partial charge on any atom is 0.0873 e. The summed E-state index contributed by atoms with van der Waals surface area (Å²) >= 11 is 0. The third kappa shape index (κ3) is 24.6. The van der Waals surface area contributed by atoms with Crippen molar-refractivity contribution in [2.45, 2.75) is 59.3 Å². The van der Waals surface area contributed by atoms with Crippen LogP contribution in [0.15, 0.2) is 12.8 Å². The van der Waals surface area contributed by atoms with Crippen LogP contribution in [-0.2, 0) is 4.74 Å². The topological polar surface area (TPSA) is 9.23 Å². The fraction of sp³-hybridized carbons (Fsp3) is 0.833. The summed E-state index contributed by atoms with van der Waals surface area (Å²) in [5.74, 6) is 0. The van der Waals surface area contributed by atoms with Gasteiger partial charge in [-0.05, 0) is 6.42 Å². The molecule has 13 heavy (non-hydrogen) atoms. The third-order valence-electron chi connectivity index (χ3n) is 1.69. The van der Waals surface area contributed by atoms with E-state index in [0.29, 0.717) is 0 Å². The van der Waals surface area contributed by atoms with Gasteiger partial charge in [-0.25, -0.2) is 0 Å². The van der Waals surface area contributed by atoms with E-state index in [9.17, 15) is 0 Å². The van der Waals surface area contributed by atoms with Gasteiger partial charge in [0.25, 0.3) is 0 Å². The van der Waals surface area contributed by atoms with Crippen LogP contribution in [0.3, 0.4) is 0 Å². The average molecular weight is 186 g/mol. The van der Waals surface area contributed by atoms with Gasteiger partial charge in [0.05, 0.1) is 12.9 Å². The van der Waals surface area contributed by atoms with E-state index >= 15 is 0 Å². The number of hydrogen-bond donors (Lipinski definition) is 0. The van der Waals surface area contributed by atoms with E-state index in [1.54, 1.807) is 0 Å². The summed E-state index contributed by atoms with van der Waals surface area (Å²) < 4.78 is 4.90. The van der Waals surface area contributed by atoms with E-state index in [2.05, 4.69) is 27.4 Å². The maximum atomic E-state index is 4.90. The van der Waals surface area contributed by atoms with Gasteiger partial charge in [0, 0.05) is 0 Å². The molecule has 0 atom stereocenters. The Bertz CT molecular complexity index is 77.2. The number of hydrogen-bond acceptors (Lipinski definition) is 1. The van der Waals surface area contributed by atoms with E-state index in [0.717, 1.165) is 13.0 Å². The van der Waals surface area contributed by atoms with Gasteiger partial charge in [-0.2, -0.15) is 0 Å². The van der Waals surface area contributed by atoms with Gasteiger partial charge in [-0.1, -0.05) is 59.5 Å². The molecule has 0 radical (unpaired) electrons. The first-order chi connectivity index (χ1) is 6.33. The molecule has 1 nitrogen and oxygen atoms in total. The summed E-state index contributed by atoms with van der Waals surface area (Å²) in [6, 6.07) is 0. The van der Waals surface area contributed by atoms with Crippen LogP contribution in [0, 0.1) is 0 Å². The molecule has 0 aromatic carbocycles. The Morgan fingerprint density at radius 3 is 1.77 bits per heavy atom. The molecule has 0 spiro atoms. The van der Waals surface area contributed by atoms with Crippen LogP contribution in [0.4, 0.5) is 0 Å². The molecule has 0 saturated heterocycles. The van der Waals surface area contributed by atoms with Crippen LogP contribution in [0.1, 0.15) is 59.3 Å². The van der Waals surface area contributed by atoms with Crippen molar-refractivity contribution in [3.8, 4) is 0 Å². The minimum absolute atomic E-state index is 0.831. The molecule has 0 aromatic rings. The Morgan fingerprint density at radius 1 is 0.923 bits per heavy atom. The first kappa shape index (κ1) is 15.0. The largest absolute Gasteiger partial charge is 0.502 e. The van der Waals surface area contributed by atoms with Gasteiger partial charge in [0.2, 0.25) is 0 Å². The molecule has 0 unspecified atom stereocenters. The van der Waals surface area contributed by atoms with Gasteiger partial charge >= 0.3 is 0 Å². The molecule has 0 rings (SSSR count). The molecule has 0 amide bonds. The van der Waals surface area contributed by atoms with E-state index in [1.165, 1.54) is 38.4 Å². The van der Waals surface area contributed by atoms with E-state index in [1.807, 2.05) is 0 Å². The fourth-order valence-corrected chi connectivity index (χ4v) is 0.872. The summed E-state index contributed by atoms with van der Waals surface area (Å²) in [5, 5.41) is 0. The highest BCUT2D eigenvalue weighted by atomic mass is 16.5. The predicted molar refractivity (Wildman–Crippen MR) is 60.9 cm³/mol. The van der Waals surface area contributed by atoms with E-state index in [-0.39, 0.29) is 0 Å². The Kier molecular flexibility index (Phi) is 20.3. The quantitative estimate of drug-likeness (QED) is 0.419. The molecular formula is C12H26O. The van der Waals surface area contributed by atoms with Crippen molar-refractivity contribution in [2.75, 3.05) is 6.61 Å². The monoisotopic (exact) mass is 186 g/mol. The van der Waals surface area contributed by atoms with E-state index < -0.39 is 0 Å². The van der Waals surface area contributed by atoms with Crippen LogP contribution in [0.5, 0.6) is 0 Å². The highest BCUT2D eigenvalue weighted by Gasteiger charge is 1.81. The van der Waals surface area contributed by atoms with Crippen molar-refractivity contribution < 1.29 is 4.74 Å². The van der Waals surface area contributed by atoms with Crippen molar-refractivity contribution in [1.29, 1.82) is 0 Å². The summed E-state index contributed by atoms with van der Waals surface area (Å²) in [6.45, 7) is 10.9. The van der Waals surface area contributed by atoms with E-state index in [4.69, 9.17) is 4.74 Å². The lowest BCUT2D eigenvalue weighted by Gasteiger charge is -1.96. The normalized spacial score (nSPS) is 8.54. The molecule has 0 aromatic heterocycles. The second-order valence-electron chi connectivity index (χ2n) is 3.10. The molecule has 0 aliphatic rings. The Balaban J connectivity index is 0. The minimum atomic E-state index is 0.831. The first-order valence-corrected chi connectivity index (χ1v) is 5.55. The zero-order valence-corrected chi connectivity index (χ0v) is 9.64. The Labute approximate surface area is 84.2 Å². The molecule has 0 fully saturated rings. The zero-order valence-electron chi connectivity index (χ0n) is 9.64. The zero-order chi connectivity index (χ0) is 10.4. The lowest BCUT2D eigenvalue weighted by molar-refractivity contribution is 0.243. The summed E-state index contributed by atoms with van der Waals surface area (Å²) in [4.78, 5) is 0. The van der Waals surface area contributed by atoms with Gasteiger partial charge in [0.15, 0.2) is 0 Å². The number of ether oxygens (including phenoxy) is 1. The Morgan fingerprint density at radius 2 is 1.46 bits per heavy atom. The highest BCUT2D eigenvalue weighted by Crippen LogP contribution is 1.93. The number of unbranched alkanes of at least 4 members (excludes halogenated alkanes) is 4. The van der Waals surface area contributed by atoms with Crippen LogP contribution in [-0.4, -0.2) is 6.61 Å². The molecule has 0 N–H and O–H groups in total. The SMILES string of the molecule is C=COCCCCC.CCCCC. The second kappa shape index (κ2) is 17.6. The van der Waals surface area contributed by atoms with Crippen molar-refractivity contribution >= 4 is 0 Å². The fourth-order valence-electron chi connectivity index (χ4n) is 0.872. The van der Waals surface area contributed by atoms with Gasteiger partial charge < -0.3 is 4.74 Å². The molecule has 0 saturated carbocycles. The van der Waals surface area contributed by atoms with Crippen LogP contribution in [0.2, 0.25) is 0 Å². The number of rotatable bonds is 7. The van der Waals surface area contributed by atoms with Gasteiger partial charge in [0.1, 0.15) is 0 Å². The Hall–Kier alpha value is -0.460. The molecule has 0 aliphatic carbocycles. The summed E-state index contributed by atoms with van der Waals surface area (Å²) in [6.07, 6.45) is 9.24. The molecule has 0 heterocycles. The molecule has 1 heteroatoms. The summed E-state index contributed by atoms with van der Waals surface area (Å²) in [7, 11) is 0. The standard InChI is InChI=1S/C7H14O.C5H12/c1-3-5-6-7-8-4-2;1-3-5-4-2/h4H,2-3,5-7H2,1H3;3-5H2,1-2H3. The minimum Gasteiger partial charge on any atom is -0.502 e. The highest BCUT2D eigenvalue weighted by molar-refractivity contribution is 4.48. The second-order valence-corrected chi connectivity index (χ2v) is 3.10. The molecule has 0 bridgehead atoms. The lowest BCUT2D eigenvalue weighted by Crippen LogP contribution is -1.84. The average Bonchev–Trinajstić information content (AvgIpc) is 2.15. The lowest BCUT2D eigenvalue weighted by atomic mass is 10.3. The van der Waals surface area contributed by atoms with Crippen molar-refractivity contribution in [1.82, 2.24) is 0 Å². The molecule has 80 valence electrons. The maximum absolute atomic E-state index is 4.90. The van der Waals surface area contributed by atoms with Crippen molar-refractivity contribution in [3.63, 3.8) is 0 Å². The first-order valence-electron chi connectivity index (χ1n) is 5.55. The van der Waals surface area contributed by atoms with Gasteiger partial charge in [-0.3, -0.25) is 0 Å². The molecule has 0 aliphatic heterocycles. The smallest absolute Gasteiger partial charge is 0.0873 e. The predicted octanol–water partition coefficient (Wildman–Crippen LogP) is 4.53. The molecular weight excluding hydrogens is 160 g/mol. The van der Waals surface area contributed by atoms with Crippen LogP contribution >= 0.6 is 0 Å². The van der Waals surface area contributed by atoms with Crippen molar-refractivity contribution in [3.05, 3.63) is 12.8 Å².